The van der Waals surface area contributed by atoms with Crippen LogP contribution in [0.15, 0.2) is 12.2 Å². The van der Waals surface area contributed by atoms with Gasteiger partial charge in [0.25, 0.3) is 0 Å². The molecule has 1 rings (SSSR count). The molecule has 0 bridgehead atoms. The first-order valence-electron chi connectivity index (χ1n) is 39.6. The maximum Gasteiger partial charge on any atom is 0.249 e. The molecule has 1 heterocycles. The highest BCUT2D eigenvalue weighted by Crippen LogP contribution is 2.25. The number of aliphatic hydroxyl groups is 7. The van der Waals surface area contributed by atoms with Crippen LogP contribution in [0.3, 0.4) is 0 Å². The maximum absolute atomic E-state index is 13.3. The van der Waals surface area contributed by atoms with Crippen LogP contribution in [0.1, 0.15) is 412 Å². The van der Waals surface area contributed by atoms with E-state index in [1.165, 1.54) is 334 Å². The zero-order chi connectivity index (χ0) is 64.6. The quantitative estimate of drug-likeness (QED) is 0.0215. The summed E-state index contributed by atoms with van der Waals surface area (Å²) >= 11 is 0. The molecule has 0 aromatic rings. The number of hydrogen-bond acceptors (Lipinski definition) is 10. The summed E-state index contributed by atoms with van der Waals surface area (Å²) in [5, 5.41) is 76.8. The smallest absolute Gasteiger partial charge is 0.249 e. The van der Waals surface area contributed by atoms with Gasteiger partial charge in [0.05, 0.1) is 25.4 Å². The molecule has 0 aromatic carbocycles. The van der Waals surface area contributed by atoms with Crippen molar-refractivity contribution in [2.24, 2.45) is 0 Å². The Morgan fingerprint density at radius 3 is 0.944 bits per heavy atom. The predicted molar refractivity (Wildman–Crippen MR) is 376 cm³/mol. The molecule has 1 saturated heterocycles. The Bertz CT molecular complexity index is 1450. The Labute approximate surface area is 551 Å². The van der Waals surface area contributed by atoms with Crippen molar-refractivity contribution in [1.82, 2.24) is 5.32 Å². The lowest BCUT2D eigenvalue weighted by Crippen LogP contribution is -2.60. The topological polar surface area (TPSA) is 189 Å². The second-order valence-corrected chi connectivity index (χ2v) is 28.1. The van der Waals surface area contributed by atoms with E-state index in [0.29, 0.717) is 19.3 Å². The summed E-state index contributed by atoms with van der Waals surface area (Å²) in [4.78, 5) is 13.3. The third-order valence-electron chi connectivity index (χ3n) is 19.6. The molecule has 11 nitrogen and oxygen atoms in total. The zero-order valence-electron chi connectivity index (χ0n) is 59.0. The molecular weight excluding hydrogens is 1110 g/mol. The molecule has 9 unspecified atom stereocenters. The van der Waals surface area contributed by atoms with Gasteiger partial charge in [0.15, 0.2) is 6.29 Å². The molecule has 1 aliphatic heterocycles. The highest BCUT2D eigenvalue weighted by molar-refractivity contribution is 5.80. The number of ether oxygens (including phenoxy) is 2. The first-order valence-corrected chi connectivity index (χ1v) is 39.6. The van der Waals surface area contributed by atoms with Crippen molar-refractivity contribution in [3.05, 3.63) is 12.2 Å². The molecule has 0 spiro atoms. The molecule has 89 heavy (non-hydrogen) atoms. The van der Waals surface area contributed by atoms with Gasteiger partial charge in [-0.25, -0.2) is 0 Å². The lowest BCUT2D eigenvalue weighted by molar-refractivity contribution is -0.303. The number of hydrogen-bond donors (Lipinski definition) is 8. The monoisotopic (exact) mass is 1260 g/mol. The van der Waals surface area contributed by atoms with E-state index >= 15 is 0 Å². The molecule has 0 radical (unpaired) electrons. The number of nitrogens with one attached hydrogen (secondary N) is 1. The SMILES string of the molecule is CCCCCCCCCCCCCC/C=C\CCCCCCCCCCCCCCCCCC(O)C(=O)NC(COC1OC(CO)C(O)C(O)C1O)C(O)C(O)CCCCCCCCCCCCCCCCCCCCCCCCCCCCCCCCC. The van der Waals surface area contributed by atoms with Crippen molar-refractivity contribution in [1.29, 1.82) is 0 Å². The molecule has 0 aromatic heterocycles. The normalized spacial score (nSPS) is 18.5. The first kappa shape index (κ1) is 85.9. The van der Waals surface area contributed by atoms with E-state index in [1.807, 2.05) is 0 Å². The van der Waals surface area contributed by atoms with Crippen molar-refractivity contribution >= 4 is 5.91 Å². The van der Waals surface area contributed by atoms with Crippen LogP contribution in [0.25, 0.3) is 0 Å². The molecule has 0 aliphatic carbocycles. The molecular formula is C78H153NO10. The summed E-state index contributed by atoms with van der Waals surface area (Å²) in [6.45, 7) is 3.54. The highest BCUT2D eigenvalue weighted by Gasteiger charge is 2.44. The van der Waals surface area contributed by atoms with Gasteiger partial charge in [-0.15, -0.1) is 0 Å². The van der Waals surface area contributed by atoms with Crippen LogP contribution in [0.5, 0.6) is 0 Å². The Kier molecular flexibility index (Phi) is 64.5. The van der Waals surface area contributed by atoms with Gasteiger partial charge in [-0.2, -0.15) is 0 Å². The minimum atomic E-state index is -1.66. The average Bonchev–Trinajstić information content (AvgIpc) is 3.50. The van der Waals surface area contributed by atoms with Gasteiger partial charge in [-0.05, 0) is 38.5 Å². The van der Waals surface area contributed by atoms with Crippen molar-refractivity contribution in [2.45, 2.75) is 467 Å². The molecule has 9 atom stereocenters. The summed E-state index contributed by atoms with van der Waals surface area (Å²) in [5.41, 5.74) is 0. The molecule has 8 N–H and O–H groups in total. The van der Waals surface area contributed by atoms with Crippen molar-refractivity contribution in [3.8, 4) is 0 Å². The van der Waals surface area contributed by atoms with Gasteiger partial charge in [-0.1, -0.05) is 386 Å². The lowest BCUT2D eigenvalue weighted by Gasteiger charge is -2.40. The first-order chi connectivity index (χ1) is 43.7. The second-order valence-electron chi connectivity index (χ2n) is 28.1. The molecule has 0 saturated carbocycles. The summed E-state index contributed by atoms with van der Waals surface area (Å²) < 4.78 is 11.2. The molecule has 1 aliphatic rings. The summed E-state index contributed by atoms with van der Waals surface area (Å²) in [5.74, 6) is -0.687. The third-order valence-corrected chi connectivity index (χ3v) is 19.6. The van der Waals surface area contributed by atoms with Gasteiger partial charge < -0.3 is 50.5 Å². The number of carbonyl (C=O) groups excluding carboxylic acids is 1. The summed E-state index contributed by atoms with van der Waals surface area (Å²) in [6.07, 6.45) is 73.2. The molecule has 530 valence electrons. The number of aliphatic hydroxyl groups excluding tert-OH is 7. The second kappa shape index (κ2) is 66.9. The van der Waals surface area contributed by atoms with E-state index in [-0.39, 0.29) is 6.42 Å². The van der Waals surface area contributed by atoms with Crippen LogP contribution < -0.4 is 5.32 Å². The van der Waals surface area contributed by atoms with Gasteiger partial charge in [-0.3, -0.25) is 4.79 Å². The van der Waals surface area contributed by atoms with E-state index < -0.39 is 74.2 Å². The Hall–Kier alpha value is -1.15. The van der Waals surface area contributed by atoms with Crippen LogP contribution in [-0.2, 0) is 14.3 Å². The predicted octanol–water partition coefficient (Wildman–Crippen LogP) is 20.2. The van der Waals surface area contributed by atoms with E-state index in [0.717, 1.165) is 38.5 Å². The van der Waals surface area contributed by atoms with Crippen molar-refractivity contribution < 1.29 is 50.0 Å². The fourth-order valence-electron chi connectivity index (χ4n) is 13.3. The number of carbonyl (C=O) groups is 1. The fraction of sp³-hybridized carbons (Fsp3) is 0.962. The highest BCUT2D eigenvalue weighted by atomic mass is 16.7. The minimum Gasteiger partial charge on any atom is -0.394 e. The number of allylic oxidation sites excluding steroid dienone is 2. The van der Waals surface area contributed by atoms with Crippen molar-refractivity contribution in [2.75, 3.05) is 13.2 Å². The van der Waals surface area contributed by atoms with E-state index in [9.17, 15) is 40.5 Å². The zero-order valence-corrected chi connectivity index (χ0v) is 59.0. The summed E-state index contributed by atoms with van der Waals surface area (Å²) in [6, 6.07) is -1.17. The Balaban J connectivity index is 2.13. The van der Waals surface area contributed by atoms with Crippen LogP contribution in [0.2, 0.25) is 0 Å². The van der Waals surface area contributed by atoms with Gasteiger partial charge >= 0.3 is 0 Å². The molecule has 1 fully saturated rings. The number of amides is 1. The van der Waals surface area contributed by atoms with E-state index in [1.54, 1.807) is 0 Å². The van der Waals surface area contributed by atoms with Crippen molar-refractivity contribution in [3.63, 3.8) is 0 Å². The van der Waals surface area contributed by atoms with Crippen LogP contribution in [-0.4, -0.2) is 110 Å². The fourth-order valence-corrected chi connectivity index (χ4v) is 13.3. The van der Waals surface area contributed by atoms with Crippen LogP contribution in [0, 0.1) is 0 Å². The number of rotatable bonds is 71. The average molecular weight is 1270 g/mol. The minimum absolute atomic E-state index is 0.265. The van der Waals surface area contributed by atoms with Gasteiger partial charge in [0, 0.05) is 0 Å². The lowest BCUT2D eigenvalue weighted by atomic mass is 9.98. The standard InChI is InChI=1S/C78H153NO10/c1-3-5-7-9-11-13-15-17-19-21-23-25-27-29-31-33-35-37-39-41-43-45-47-49-51-53-55-57-59-61-63-65-70(81)73(83)69(68-88-78-76(86)75(85)74(84)72(67-80)89-78)79-77(87)71(82)66-64-62-60-58-56-54-52-50-48-46-44-42-40-38-36-34-32-30-28-26-24-22-20-18-16-14-12-10-8-6-4-2/h30,32,69-76,78,80-86H,3-29,31,33-68H2,1-2H3,(H,79,87)/b32-30-. The largest absolute Gasteiger partial charge is 0.394 e. The van der Waals surface area contributed by atoms with E-state index in [2.05, 4.69) is 31.3 Å². The Morgan fingerprint density at radius 2 is 0.652 bits per heavy atom. The van der Waals surface area contributed by atoms with Gasteiger partial charge in [0.1, 0.15) is 36.6 Å². The van der Waals surface area contributed by atoms with E-state index in [4.69, 9.17) is 9.47 Å². The molecule has 1 amide bonds. The number of unbranched alkanes of at least 4 members (excludes halogenated alkanes) is 57. The van der Waals surface area contributed by atoms with Crippen LogP contribution in [0.4, 0.5) is 0 Å². The van der Waals surface area contributed by atoms with Gasteiger partial charge in [0.2, 0.25) is 5.91 Å². The Morgan fingerprint density at radius 1 is 0.382 bits per heavy atom. The van der Waals surface area contributed by atoms with Crippen LogP contribution >= 0.6 is 0 Å². The molecule has 11 heteroatoms. The summed E-state index contributed by atoms with van der Waals surface area (Å²) in [7, 11) is 0. The third kappa shape index (κ3) is 53.8. The maximum atomic E-state index is 13.3.